The number of ether oxygens (including phenoxy) is 1. The van der Waals surface area contributed by atoms with Crippen LogP contribution in [0.3, 0.4) is 0 Å². The Morgan fingerprint density at radius 3 is 2.90 bits per heavy atom. The van der Waals surface area contributed by atoms with Crippen LogP contribution in [-0.2, 0) is 12.8 Å². The molecule has 2 aromatic carbocycles. The molecule has 1 nitrogen and oxygen atoms in total. The van der Waals surface area contributed by atoms with Crippen LogP contribution in [-0.4, -0.2) is 6.61 Å². The smallest absolute Gasteiger partial charge is 0.162 e. The topological polar surface area (TPSA) is 9.23 Å². The van der Waals surface area contributed by atoms with Crippen molar-refractivity contribution >= 4 is 15.9 Å². The maximum absolute atomic E-state index is 13.7. The molecule has 1 atom stereocenters. The van der Waals surface area contributed by atoms with Crippen LogP contribution in [0, 0.1) is 11.6 Å². The van der Waals surface area contributed by atoms with Gasteiger partial charge in [0.05, 0.1) is 6.61 Å². The highest BCUT2D eigenvalue weighted by molar-refractivity contribution is 9.09. The number of hydrogen-bond acceptors (Lipinski definition) is 1. The predicted octanol–water partition coefficient (Wildman–Crippen LogP) is 4.58. The molecule has 0 aromatic heterocycles. The Hall–Kier alpha value is -1.42. The van der Waals surface area contributed by atoms with Crippen LogP contribution in [0.25, 0.3) is 0 Å². The van der Waals surface area contributed by atoms with Gasteiger partial charge in [-0.05, 0) is 35.2 Å². The number of alkyl halides is 1. The first-order chi connectivity index (χ1) is 9.65. The Morgan fingerprint density at radius 1 is 1.20 bits per heavy atom. The second kappa shape index (κ2) is 5.52. The lowest BCUT2D eigenvalue weighted by Crippen LogP contribution is -2.00. The molecule has 1 aliphatic heterocycles. The summed E-state index contributed by atoms with van der Waals surface area (Å²) >= 11 is 3.56. The zero-order valence-electron chi connectivity index (χ0n) is 10.7. The average molecular weight is 339 g/mol. The van der Waals surface area contributed by atoms with E-state index in [1.165, 1.54) is 11.6 Å². The number of rotatable bonds is 3. The lowest BCUT2D eigenvalue weighted by atomic mass is 10.0. The molecular formula is C16H13BrF2O. The van der Waals surface area contributed by atoms with Gasteiger partial charge in [0.25, 0.3) is 0 Å². The average Bonchev–Trinajstić information content (AvgIpc) is 2.91. The maximum Gasteiger partial charge on any atom is 0.162 e. The van der Waals surface area contributed by atoms with Gasteiger partial charge >= 0.3 is 0 Å². The molecule has 1 unspecified atom stereocenters. The second-order valence-electron chi connectivity index (χ2n) is 4.85. The van der Waals surface area contributed by atoms with Crippen LogP contribution in [0.5, 0.6) is 5.75 Å². The summed E-state index contributed by atoms with van der Waals surface area (Å²) in [5, 5.41) is 0. The van der Waals surface area contributed by atoms with Gasteiger partial charge in [-0.1, -0.05) is 40.2 Å². The molecule has 0 spiro atoms. The molecule has 1 aliphatic rings. The largest absolute Gasteiger partial charge is 0.493 e. The lowest BCUT2D eigenvalue weighted by Gasteiger charge is -2.12. The summed E-state index contributed by atoms with van der Waals surface area (Å²) in [7, 11) is 0. The van der Waals surface area contributed by atoms with Crippen LogP contribution in [0.2, 0.25) is 0 Å². The Balaban J connectivity index is 1.82. The highest BCUT2D eigenvalue weighted by Gasteiger charge is 2.17. The quantitative estimate of drug-likeness (QED) is 0.744. The van der Waals surface area contributed by atoms with Crippen molar-refractivity contribution in [2.45, 2.75) is 17.7 Å². The molecule has 20 heavy (non-hydrogen) atoms. The van der Waals surface area contributed by atoms with Crippen LogP contribution in [0.4, 0.5) is 8.78 Å². The van der Waals surface area contributed by atoms with Gasteiger partial charge in [-0.3, -0.25) is 0 Å². The number of benzene rings is 2. The Labute approximate surface area is 124 Å². The first-order valence-electron chi connectivity index (χ1n) is 6.48. The molecule has 4 heteroatoms. The highest BCUT2D eigenvalue weighted by Crippen LogP contribution is 2.33. The first-order valence-corrected chi connectivity index (χ1v) is 7.39. The summed E-state index contributed by atoms with van der Waals surface area (Å²) in [6.45, 7) is 0.713. The van der Waals surface area contributed by atoms with Crippen molar-refractivity contribution in [3.05, 3.63) is 64.7 Å². The maximum atomic E-state index is 13.7. The first kappa shape index (κ1) is 13.6. The number of halogens is 3. The van der Waals surface area contributed by atoms with E-state index in [1.807, 2.05) is 12.1 Å². The van der Waals surface area contributed by atoms with Gasteiger partial charge in [0, 0.05) is 11.2 Å². The minimum atomic E-state index is -0.801. The van der Waals surface area contributed by atoms with E-state index < -0.39 is 11.6 Å². The molecule has 0 amide bonds. The van der Waals surface area contributed by atoms with Gasteiger partial charge in [0.15, 0.2) is 11.6 Å². The summed E-state index contributed by atoms with van der Waals surface area (Å²) in [6, 6.07) is 10.2. The molecule has 1 heterocycles. The van der Waals surface area contributed by atoms with Crippen molar-refractivity contribution in [3.63, 3.8) is 0 Å². The summed E-state index contributed by atoms with van der Waals surface area (Å²) in [5.41, 5.74) is 2.60. The van der Waals surface area contributed by atoms with Gasteiger partial charge in [-0.15, -0.1) is 0 Å². The van der Waals surface area contributed by atoms with E-state index in [2.05, 4.69) is 22.0 Å². The fourth-order valence-electron chi connectivity index (χ4n) is 2.42. The Kier molecular flexibility index (Phi) is 3.74. The zero-order valence-corrected chi connectivity index (χ0v) is 12.3. The SMILES string of the molecule is Fc1cccc(CC(Br)c2ccc3c(c2)CCO3)c1F. The van der Waals surface area contributed by atoms with Crippen molar-refractivity contribution in [2.24, 2.45) is 0 Å². The molecule has 0 radical (unpaired) electrons. The Morgan fingerprint density at radius 2 is 2.05 bits per heavy atom. The van der Waals surface area contributed by atoms with Crippen molar-refractivity contribution in [3.8, 4) is 5.75 Å². The molecule has 2 aromatic rings. The van der Waals surface area contributed by atoms with Crippen molar-refractivity contribution in [1.29, 1.82) is 0 Å². The van der Waals surface area contributed by atoms with E-state index in [0.29, 0.717) is 18.6 Å². The fraction of sp³-hybridized carbons (Fsp3) is 0.250. The van der Waals surface area contributed by atoms with E-state index in [-0.39, 0.29) is 4.83 Å². The monoisotopic (exact) mass is 338 g/mol. The molecule has 0 N–H and O–H groups in total. The molecular weight excluding hydrogens is 326 g/mol. The van der Waals surface area contributed by atoms with Gasteiger partial charge in [0.2, 0.25) is 0 Å². The van der Waals surface area contributed by atoms with Crippen LogP contribution < -0.4 is 4.74 Å². The van der Waals surface area contributed by atoms with Crippen molar-refractivity contribution in [1.82, 2.24) is 0 Å². The third-order valence-corrected chi connectivity index (χ3v) is 4.36. The van der Waals surface area contributed by atoms with Crippen LogP contribution >= 0.6 is 15.9 Å². The minimum Gasteiger partial charge on any atom is -0.493 e. The number of fused-ring (bicyclic) bond motifs is 1. The lowest BCUT2D eigenvalue weighted by molar-refractivity contribution is 0.357. The third kappa shape index (κ3) is 2.57. The minimum absolute atomic E-state index is 0.0512. The van der Waals surface area contributed by atoms with E-state index in [4.69, 9.17) is 4.74 Å². The van der Waals surface area contributed by atoms with E-state index >= 15 is 0 Å². The van der Waals surface area contributed by atoms with E-state index in [1.54, 1.807) is 6.07 Å². The standard InChI is InChI=1S/C16H13BrF2O/c17-13(9-12-2-1-3-14(18)16(12)19)10-4-5-15-11(8-10)6-7-20-15/h1-5,8,13H,6-7,9H2. The summed E-state index contributed by atoms with van der Waals surface area (Å²) in [4.78, 5) is -0.0512. The fourth-order valence-corrected chi connectivity index (χ4v) is 3.05. The van der Waals surface area contributed by atoms with Gasteiger partial charge in [-0.25, -0.2) is 8.78 Å². The third-order valence-electron chi connectivity index (χ3n) is 3.51. The van der Waals surface area contributed by atoms with Gasteiger partial charge in [0.1, 0.15) is 5.75 Å². The molecule has 0 fully saturated rings. The molecule has 104 valence electrons. The molecule has 0 aliphatic carbocycles. The van der Waals surface area contributed by atoms with Crippen LogP contribution in [0.1, 0.15) is 21.5 Å². The zero-order chi connectivity index (χ0) is 14.1. The Bertz CT molecular complexity index is 642. The predicted molar refractivity (Wildman–Crippen MR) is 77.4 cm³/mol. The van der Waals surface area contributed by atoms with Crippen molar-refractivity contribution < 1.29 is 13.5 Å². The highest BCUT2D eigenvalue weighted by atomic mass is 79.9. The van der Waals surface area contributed by atoms with E-state index in [0.717, 1.165) is 23.8 Å². The normalized spacial score (nSPS) is 14.8. The molecule has 0 bridgehead atoms. The molecule has 0 saturated heterocycles. The van der Waals surface area contributed by atoms with Gasteiger partial charge in [-0.2, -0.15) is 0 Å². The second-order valence-corrected chi connectivity index (χ2v) is 5.96. The molecule has 3 rings (SSSR count). The molecule has 0 saturated carbocycles. The summed E-state index contributed by atoms with van der Waals surface area (Å²) < 4.78 is 32.3. The van der Waals surface area contributed by atoms with Crippen molar-refractivity contribution in [2.75, 3.05) is 6.61 Å². The van der Waals surface area contributed by atoms with Crippen LogP contribution in [0.15, 0.2) is 36.4 Å². The summed E-state index contributed by atoms with van der Waals surface area (Å²) in [5.74, 6) is -0.642. The summed E-state index contributed by atoms with van der Waals surface area (Å²) in [6.07, 6.45) is 1.31. The number of hydrogen-bond donors (Lipinski definition) is 0. The van der Waals surface area contributed by atoms with Gasteiger partial charge < -0.3 is 4.74 Å². The van der Waals surface area contributed by atoms with E-state index in [9.17, 15) is 8.78 Å².